The molecule has 2 atom stereocenters. The fourth-order valence-corrected chi connectivity index (χ4v) is 2.72. The first-order chi connectivity index (χ1) is 6.02. The quantitative estimate of drug-likeness (QED) is 0.570. The summed E-state index contributed by atoms with van der Waals surface area (Å²) in [4.78, 5) is 0. The van der Waals surface area contributed by atoms with Crippen LogP contribution in [0.1, 0.15) is 52.9 Å². The number of hydrogen-bond donors (Lipinski definition) is 1. The van der Waals surface area contributed by atoms with Crippen molar-refractivity contribution >= 4 is 0 Å². The molecule has 76 valence electrons. The van der Waals surface area contributed by atoms with Gasteiger partial charge in [0.2, 0.25) is 0 Å². The van der Waals surface area contributed by atoms with E-state index >= 15 is 0 Å². The Morgan fingerprint density at radius 2 is 1.92 bits per heavy atom. The van der Waals surface area contributed by atoms with Gasteiger partial charge in [-0.05, 0) is 30.6 Å². The summed E-state index contributed by atoms with van der Waals surface area (Å²) in [6.07, 6.45) is 7.20. The van der Waals surface area contributed by atoms with Gasteiger partial charge in [0, 0.05) is 12.1 Å². The number of rotatable bonds is 0. The molecule has 2 rings (SSSR count). The van der Waals surface area contributed by atoms with Crippen molar-refractivity contribution in [2.75, 3.05) is 6.54 Å². The highest BCUT2D eigenvalue weighted by atomic mass is 15.2. The minimum atomic E-state index is 0.515. The van der Waals surface area contributed by atoms with E-state index < -0.39 is 0 Å². The van der Waals surface area contributed by atoms with Crippen LogP contribution in [-0.2, 0) is 0 Å². The van der Waals surface area contributed by atoms with Gasteiger partial charge in [0.1, 0.15) is 0 Å². The third-order valence-corrected chi connectivity index (χ3v) is 4.00. The molecule has 1 aliphatic heterocycles. The van der Waals surface area contributed by atoms with E-state index in [1.165, 1.54) is 38.6 Å². The molecule has 1 N–H and O–H groups in total. The first kappa shape index (κ1) is 9.51. The molecule has 0 radical (unpaired) electrons. The normalized spacial score (nSPS) is 40.4. The highest BCUT2D eigenvalue weighted by Crippen LogP contribution is 2.43. The molecular weight excluding hydrogens is 158 g/mol. The maximum Gasteiger partial charge on any atom is 0.0310 e. The fourth-order valence-electron chi connectivity index (χ4n) is 2.72. The van der Waals surface area contributed by atoms with Gasteiger partial charge in [0.15, 0.2) is 0 Å². The molecule has 1 saturated heterocycles. The lowest BCUT2D eigenvalue weighted by Crippen LogP contribution is -2.26. The zero-order chi connectivity index (χ0) is 9.53. The molecule has 2 fully saturated rings. The highest BCUT2D eigenvalue weighted by Gasteiger charge is 2.46. The minimum absolute atomic E-state index is 0.515. The van der Waals surface area contributed by atoms with Gasteiger partial charge in [-0.15, -0.1) is 0 Å². The number of hydrogen-bond acceptors (Lipinski definition) is 1. The van der Waals surface area contributed by atoms with E-state index in [0.717, 1.165) is 5.92 Å². The largest absolute Gasteiger partial charge is 0.308 e. The van der Waals surface area contributed by atoms with Crippen LogP contribution in [-0.4, -0.2) is 12.1 Å². The van der Waals surface area contributed by atoms with Crippen LogP contribution in [0.3, 0.4) is 0 Å². The Balaban J connectivity index is 2.03. The summed E-state index contributed by atoms with van der Waals surface area (Å²) in [6, 6.07) is 0. The molecule has 0 unspecified atom stereocenters. The summed E-state index contributed by atoms with van der Waals surface area (Å²) in [6.45, 7) is 8.50. The van der Waals surface area contributed by atoms with E-state index in [1.807, 2.05) is 0 Å². The standard InChI is InChI=1S/C12H23N/c1-11(2,3)10-6-4-5-7-12(8-10)9-13-12/h10,13H,4-9H2,1-3H3/t10-,12+/m1/s1. The maximum absolute atomic E-state index is 3.59. The van der Waals surface area contributed by atoms with Gasteiger partial charge in [-0.2, -0.15) is 0 Å². The van der Waals surface area contributed by atoms with Gasteiger partial charge >= 0.3 is 0 Å². The predicted molar refractivity (Wildman–Crippen MR) is 56.8 cm³/mol. The van der Waals surface area contributed by atoms with Gasteiger partial charge in [-0.1, -0.05) is 33.6 Å². The van der Waals surface area contributed by atoms with Gasteiger partial charge in [0.25, 0.3) is 0 Å². The molecule has 0 amide bonds. The molecule has 0 bridgehead atoms. The Morgan fingerprint density at radius 3 is 2.46 bits per heavy atom. The van der Waals surface area contributed by atoms with Crippen molar-refractivity contribution in [1.82, 2.24) is 5.32 Å². The summed E-state index contributed by atoms with van der Waals surface area (Å²) in [5.41, 5.74) is 1.11. The van der Waals surface area contributed by atoms with Gasteiger partial charge in [-0.25, -0.2) is 0 Å². The van der Waals surface area contributed by atoms with E-state index in [1.54, 1.807) is 0 Å². The van der Waals surface area contributed by atoms with Crippen molar-refractivity contribution in [2.45, 2.75) is 58.4 Å². The SMILES string of the molecule is CC(C)(C)[C@@H]1CCCC[C@@]2(CN2)C1. The molecule has 1 heteroatoms. The molecule has 1 spiro atoms. The lowest BCUT2D eigenvalue weighted by atomic mass is 9.74. The topological polar surface area (TPSA) is 21.9 Å². The van der Waals surface area contributed by atoms with Crippen LogP contribution in [0.5, 0.6) is 0 Å². The van der Waals surface area contributed by atoms with Crippen molar-refractivity contribution in [1.29, 1.82) is 0 Å². The van der Waals surface area contributed by atoms with Crippen LogP contribution >= 0.6 is 0 Å². The Kier molecular flexibility index (Phi) is 2.18. The smallest absolute Gasteiger partial charge is 0.0310 e. The van der Waals surface area contributed by atoms with Gasteiger partial charge in [0.05, 0.1) is 0 Å². The first-order valence-corrected chi connectivity index (χ1v) is 5.77. The van der Waals surface area contributed by atoms with Gasteiger partial charge < -0.3 is 5.32 Å². The second-order valence-corrected chi connectivity index (χ2v) is 6.15. The highest BCUT2D eigenvalue weighted by molar-refractivity contribution is 5.06. The second-order valence-electron chi connectivity index (χ2n) is 6.15. The molecule has 0 aromatic heterocycles. The molecule has 2 aliphatic rings. The fraction of sp³-hybridized carbons (Fsp3) is 1.00. The van der Waals surface area contributed by atoms with Crippen LogP contribution in [0.25, 0.3) is 0 Å². The Bertz CT molecular complexity index is 186. The molecule has 0 aromatic rings. The van der Waals surface area contributed by atoms with Crippen LogP contribution in [0.4, 0.5) is 0 Å². The lowest BCUT2D eigenvalue weighted by molar-refractivity contribution is 0.203. The van der Waals surface area contributed by atoms with Crippen molar-refractivity contribution < 1.29 is 0 Å². The van der Waals surface area contributed by atoms with E-state index in [9.17, 15) is 0 Å². The molecule has 1 saturated carbocycles. The summed E-state index contributed by atoms with van der Waals surface area (Å²) in [7, 11) is 0. The molecule has 1 aliphatic carbocycles. The second kappa shape index (κ2) is 2.98. The van der Waals surface area contributed by atoms with Crippen molar-refractivity contribution in [2.24, 2.45) is 11.3 Å². The summed E-state index contributed by atoms with van der Waals surface area (Å²) >= 11 is 0. The predicted octanol–water partition coefficient (Wildman–Crippen LogP) is 2.95. The van der Waals surface area contributed by atoms with Crippen molar-refractivity contribution in [3.05, 3.63) is 0 Å². The number of nitrogens with one attached hydrogen (secondary N) is 1. The van der Waals surface area contributed by atoms with E-state index in [4.69, 9.17) is 0 Å². The maximum atomic E-state index is 3.59. The Labute approximate surface area is 82.3 Å². The Morgan fingerprint density at radius 1 is 1.23 bits per heavy atom. The van der Waals surface area contributed by atoms with Crippen molar-refractivity contribution in [3.8, 4) is 0 Å². The Hall–Kier alpha value is -0.0400. The average molecular weight is 181 g/mol. The van der Waals surface area contributed by atoms with Crippen LogP contribution in [0.15, 0.2) is 0 Å². The van der Waals surface area contributed by atoms with E-state index in [2.05, 4.69) is 26.1 Å². The summed E-state index contributed by atoms with van der Waals surface area (Å²) < 4.78 is 0. The zero-order valence-corrected chi connectivity index (χ0v) is 9.32. The average Bonchev–Trinajstić information content (AvgIpc) is 2.78. The molecular formula is C12H23N. The molecule has 0 aromatic carbocycles. The lowest BCUT2D eigenvalue weighted by Gasteiger charge is -2.31. The minimum Gasteiger partial charge on any atom is -0.308 e. The molecule has 1 nitrogen and oxygen atoms in total. The third kappa shape index (κ3) is 2.07. The van der Waals surface area contributed by atoms with E-state index in [-0.39, 0.29) is 0 Å². The third-order valence-electron chi connectivity index (χ3n) is 4.00. The molecule has 1 heterocycles. The first-order valence-electron chi connectivity index (χ1n) is 5.77. The van der Waals surface area contributed by atoms with Crippen LogP contribution in [0.2, 0.25) is 0 Å². The zero-order valence-electron chi connectivity index (χ0n) is 9.32. The van der Waals surface area contributed by atoms with Crippen molar-refractivity contribution in [3.63, 3.8) is 0 Å². The van der Waals surface area contributed by atoms with Crippen LogP contribution < -0.4 is 5.32 Å². The summed E-state index contributed by atoms with van der Waals surface area (Å²) in [5, 5.41) is 3.59. The van der Waals surface area contributed by atoms with Gasteiger partial charge in [-0.3, -0.25) is 0 Å². The molecule has 13 heavy (non-hydrogen) atoms. The van der Waals surface area contributed by atoms with Crippen LogP contribution in [0, 0.1) is 11.3 Å². The summed E-state index contributed by atoms with van der Waals surface area (Å²) in [5.74, 6) is 0.935. The monoisotopic (exact) mass is 181 g/mol. The van der Waals surface area contributed by atoms with E-state index in [0.29, 0.717) is 11.0 Å².